The third-order valence-electron chi connectivity index (χ3n) is 12.8. The Balaban J connectivity index is 1.31. The van der Waals surface area contributed by atoms with Crippen LogP contribution in [-0.2, 0) is 10.8 Å². The first-order valence-electron chi connectivity index (χ1n) is 22.4. The van der Waals surface area contributed by atoms with E-state index in [0.717, 1.165) is 67.0 Å². The summed E-state index contributed by atoms with van der Waals surface area (Å²) in [5.74, 6) is 0.696. The summed E-state index contributed by atoms with van der Waals surface area (Å²) in [7, 11) is 0. The number of allylic oxidation sites excluding steroid dienone is 5. The maximum atomic E-state index is 5.46. The largest absolute Gasteiger partial charge is 0.228 e. The van der Waals surface area contributed by atoms with E-state index in [9.17, 15) is 0 Å². The Hall–Kier alpha value is -7.94. The van der Waals surface area contributed by atoms with Gasteiger partial charge in [0.25, 0.3) is 0 Å². The van der Waals surface area contributed by atoms with Crippen LogP contribution in [0.25, 0.3) is 33.9 Å². The second kappa shape index (κ2) is 18.8. The van der Waals surface area contributed by atoms with Crippen LogP contribution in [0.1, 0.15) is 57.0 Å². The van der Waals surface area contributed by atoms with Crippen LogP contribution in [0.3, 0.4) is 0 Å². The van der Waals surface area contributed by atoms with Crippen LogP contribution in [-0.4, -0.2) is 9.97 Å². The van der Waals surface area contributed by atoms with E-state index in [1.165, 1.54) is 16.7 Å². The first-order chi connectivity index (χ1) is 32.0. The summed E-state index contributed by atoms with van der Waals surface area (Å²) in [5.41, 5.74) is 14.9. The van der Waals surface area contributed by atoms with Gasteiger partial charge in [-0.1, -0.05) is 237 Å². The molecule has 1 heterocycles. The lowest BCUT2D eigenvalue weighted by atomic mass is 9.64. The van der Waals surface area contributed by atoms with Gasteiger partial charge in [0.15, 0.2) is 5.82 Å². The standard InChI is InChI=1S/C63H52N2/c1-5-7-30-50(6-2)62(51-31-13-8-14-32-51,52-33-15-9-16-34-52)56-41-24-28-48(43-56)58-45-59(65-61(64-58)60-46(3)26-23-27-47(60)4)49-29-25-42-57(44-49)63(53-35-17-10-18-36-53,54-37-19-11-20-38-54)55-39-21-12-22-40-55/h5-45H,2H2,1,3-4H3/b7-5-,50-30+. The van der Waals surface area contributed by atoms with Gasteiger partial charge in [0, 0.05) is 16.7 Å². The van der Waals surface area contributed by atoms with Crippen molar-refractivity contribution in [2.75, 3.05) is 0 Å². The van der Waals surface area contributed by atoms with Crippen LogP contribution in [0.2, 0.25) is 0 Å². The van der Waals surface area contributed by atoms with Crippen molar-refractivity contribution in [2.24, 2.45) is 0 Å². The molecule has 314 valence electrons. The van der Waals surface area contributed by atoms with Crippen LogP contribution in [0.15, 0.2) is 261 Å². The molecule has 2 heteroatoms. The van der Waals surface area contributed by atoms with Crippen molar-refractivity contribution in [3.63, 3.8) is 0 Å². The summed E-state index contributed by atoms with van der Waals surface area (Å²) in [6, 6.07) is 80.6. The number of hydrogen-bond acceptors (Lipinski definition) is 2. The van der Waals surface area contributed by atoms with Gasteiger partial charge in [0.1, 0.15) is 0 Å². The fourth-order valence-corrected chi connectivity index (χ4v) is 9.83. The molecule has 0 aliphatic heterocycles. The number of aryl methyl sites for hydroxylation is 2. The molecule has 0 atom stereocenters. The highest BCUT2D eigenvalue weighted by Gasteiger charge is 2.40. The highest BCUT2D eigenvalue weighted by molar-refractivity contribution is 5.76. The SMILES string of the molecule is C=C/C(=C\C=C/C)C(c1ccccc1)(c1ccccc1)c1cccc(-c2cc(-c3cccc(C(c4ccccc4)(c4ccccc4)c4ccccc4)c3)nc(-c3c(C)cccc3C)n2)c1. The van der Waals surface area contributed by atoms with Crippen molar-refractivity contribution in [1.82, 2.24) is 9.97 Å². The van der Waals surface area contributed by atoms with Gasteiger partial charge in [-0.25, -0.2) is 9.97 Å². The van der Waals surface area contributed by atoms with Gasteiger partial charge in [-0.2, -0.15) is 0 Å². The molecule has 0 aliphatic carbocycles. The minimum absolute atomic E-state index is 0.610. The quantitative estimate of drug-likeness (QED) is 0.0854. The number of hydrogen-bond donors (Lipinski definition) is 0. The molecule has 0 unspecified atom stereocenters. The van der Waals surface area contributed by atoms with Gasteiger partial charge < -0.3 is 0 Å². The van der Waals surface area contributed by atoms with Crippen LogP contribution >= 0.6 is 0 Å². The monoisotopic (exact) mass is 836 g/mol. The molecule has 0 saturated heterocycles. The van der Waals surface area contributed by atoms with Gasteiger partial charge >= 0.3 is 0 Å². The van der Waals surface area contributed by atoms with Crippen LogP contribution in [0, 0.1) is 13.8 Å². The molecule has 9 aromatic rings. The molecule has 0 spiro atoms. The molecule has 0 bridgehead atoms. The normalized spacial score (nSPS) is 12.0. The fourth-order valence-electron chi connectivity index (χ4n) is 9.83. The van der Waals surface area contributed by atoms with Gasteiger partial charge in [-0.3, -0.25) is 0 Å². The zero-order valence-corrected chi connectivity index (χ0v) is 37.3. The molecule has 2 nitrogen and oxygen atoms in total. The summed E-state index contributed by atoms with van der Waals surface area (Å²) in [5, 5.41) is 0. The van der Waals surface area contributed by atoms with Crippen molar-refractivity contribution in [3.8, 4) is 33.9 Å². The average Bonchev–Trinajstić information content (AvgIpc) is 3.37. The molecule has 0 fully saturated rings. The highest BCUT2D eigenvalue weighted by atomic mass is 14.9. The molecule has 0 saturated carbocycles. The van der Waals surface area contributed by atoms with Crippen molar-refractivity contribution < 1.29 is 0 Å². The molecule has 9 rings (SSSR count). The molecule has 0 N–H and O–H groups in total. The predicted octanol–water partition coefficient (Wildman–Crippen LogP) is 15.5. The number of rotatable bonds is 13. The lowest BCUT2D eigenvalue weighted by molar-refractivity contribution is 0.744. The number of nitrogens with zero attached hydrogens (tertiary/aromatic N) is 2. The summed E-state index contributed by atoms with van der Waals surface area (Å²) >= 11 is 0. The topological polar surface area (TPSA) is 25.8 Å². The summed E-state index contributed by atoms with van der Waals surface area (Å²) in [6.45, 7) is 10.7. The Morgan fingerprint density at radius 1 is 0.431 bits per heavy atom. The molecule has 65 heavy (non-hydrogen) atoms. The Labute approximate surface area is 384 Å². The van der Waals surface area contributed by atoms with Crippen LogP contribution in [0.4, 0.5) is 0 Å². The molecule has 0 radical (unpaired) electrons. The Morgan fingerprint density at radius 3 is 1.25 bits per heavy atom. The van der Waals surface area contributed by atoms with Crippen molar-refractivity contribution in [3.05, 3.63) is 311 Å². The van der Waals surface area contributed by atoms with Crippen LogP contribution < -0.4 is 0 Å². The lowest BCUT2D eigenvalue weighted by Crippen LogP contribution is -2.31. The predicted molar refractivity (Wildman–Crippen MR) is 272 cm³/mol. The summed E-state index contributed by atoms with van der Waals surface area (Å²) in [4.78, 5) is 10.9. The molecule has 0 amide bonds. The first kappa shape index (κ1) is 42.4. The van der Waals surface area contributed by atoms with Crippen molar-refractivity contribution in [1.29, 1.82) is 0 Å². The second-order valence-electron chi connectivity index (χ2n) is 16.6. The van der Waals surface area contributed by atoms with Gasteiger partial charge in [-0.15, -0.1) is 0 Å². The number of aromatic nitrogens is 2. The van der Waals surface area contributed by atoms with E-state index in [1.54, 1.807) is 0 Å². The highest BCUT2D eigenvalue weighted by Crippen LogP contribution is 2.48. The summed E-state index contributed by atoms with van der Waals surface area (Å²) in [6.07, 6.45) is 8.36. The van der Waals surface area contributed by atoms with E-state index in [4.69, 9.17) is 9.97 Å². The van der Waals surface area contributed by atoms with Gasteiger partial charge in [0.2, 0.25) is 0 Å². The molecule has 8 aromatic carbocycles. The number of benzene rings is 8. The van der Waals surface area contributed by atoms with Crippen molar-refractivity contribution >= 4 is 0 Å². The average molecular weight is 837 g/mol. The smallest absolute Gasteiger partial charge is 0.160 e. The second-order valence-corrected chi connectivity index (χ2v) is 16.6. The van der Waals surface area contributed by atoms with E-state index in [2.05, 4.69) is 263 Å². The Kier molecular flexibility index (Phi) is 12.3. The van der Waals surface area contributed by atoms with Crippen LogP contribution in [0.5, 0.6) is 0 Å². The Morgan fingerprint density at radius 2 is 0.815 bits per heavy atom. The van der Waals surface area contributed by atoms with Gasteiger partial charge in [0.05, 0.1) is 22.2 Å². The van der Waals surface area contributed by atoms with Crippen molar-refractivity contribution in [2.45, 2.75) is 31.6 Å². The maximum absolute atomic E-state index is 5.46. The zero-order valence-electron chi connectivity index (χ0n) is 37.3. The summed E-state index contributed by atoms with van der Waals surface area (Å²) < 4.78 is 0. The molecular weight excluding hydrogens is 785 g/mol. The minimum Gasteiger partial charge on any atom is -0.228 e. The fraction of sp³-hybridized carbons (Fsp3) is 0.0794. The van der Waals surface area contributed by atoms with E-state index in [-0.39, 0.29) is 0 Å². The minimum atomic E-state index is -0.685. The molecule has 1 aromatic heterocycles. The zero-order chi connectivity index (χ0) is 44.6. The lowest BCUT2D eigenvalue weighted by Gasteiger charge is -2.37. The maximum Gasteiger partial charge on any atom is 0.160 e. The first-order valence-corrected chi connectivity index (χ1v) is 22.4. The van der Waals surface area contributed by atoms with E-state index < -0.39 is 10.8 Å². The molecule has 0 aliphatic rings. The Bertz CT molecular complexity index is 2960. The van der Waals surface area contributed by atoms with E-state index in [0.29, 0.717) is 5.82 Å². The van der Waals surface area contributed by atoms with Gasteiger partial charge in [-0.05, 0) is 94.6 Å². The van der Waals surface area contributed by atoms with E-state index >= 15 is 0 Å². The third-order valence-corrected chi connectivity index (χ3v) is 12.8. The van der Waals surface area contributed by atoms with E-state index in [1.807, 2.05) is 13.0 Å². The molecular formula is C63H52N2. The third kappa shape index (κ3) is 7.89.